The molecule has 0 bridgehead atoms. The Labute approximate surface area is 317 Å². The van der Waals surface area contributed by atoms with Gasteiger partial charge in [-0.2, -0.15) is 0 Å². The Balaban J connectivity index is 1.06. The van der Waals surface area contributed by atoms with E-state index in [1.807, 2.05) is 0 Å². The molecule has 1 heteroatoms. The van der Waals surface area contributed by atoms with E-state index in [0.717, 1.165) is 28.1 Å². The van der Waals surface area contributed by atoms with Crippen molar-refractivity contribution >= 4 is 5.57 Å². The second-order valence-electron chi connectivity index (χ2n) is 14.3. The third kappa shape index (κ3) is 5.81. The van der Waals surface area contributed by atoms with Gasteiger partial charge in [-0.15, -0.1) is 0 Å². The van der Waals surface area contributed by atoms with Crippen LogP contribution in [0.5, 0.6) is 0 Å². The smallest absolute Gasteiger partial charge is 0.0715 e. The number of allylic oxidation sites excluding steroid dienone is 4. The summed E-state index contributed by atoms with van der Waals surface area (Å²) in [4.78, 5) is 5.15. The quantitative estimate of drug-likeness (QED) is 0.170. The second kappa shape index (κ2) is 13.6. The molecule has 8 aromatic rings. The van der Waals surface area contributed by atoms with Crippen molar-refractivity contribution in [3.8, 4) is 67.0 Å². The maximum atomic E-state index is 5.15. The Morgan fingerprint density at radius 1 is 0.315 bits per heavy atom. The third-order valence-corrected chi connectivity index (χ3v) is 11.1. The van der Waals surface area contributed by atoms with Crippen molar-refractivity contribution in [1.29, 1.82) is 0 Å². The van der Waals surface area contributed by atoms with Gasteiger partial charge < -0.3 is 0 Å². The molecule has 0 saturated heterocycles. The minimum Gasteiger partial charge on any atom is -0.248 e. The normalized spacial score (nSPS) is 15.4. The molecule has 2 atom stereocenters. The fraction of sp³-hybridized carbons (Fsp3) is 0.0377. The van der Waals surface area contributed by atoms with Crippen LogP contribution in [0, 0.1) is 0 Å². The number of hydrogen-bond acceptors (Lipinski definition) is 1. The summed E-state index contributed by atoms with van der Waals surface area (Å²) < 4.78 is 0. The summed E-state index contributed by atoms with van der Waals surface area (Å²) in [6.07, 6.45) is 7.29. The highest BCUT2D eigenvalue weighted by Gasteiger charge is 2.33. The fourth-order valence-corrected chi connectivity index (χ4v) is 8.43. The lowest BCUT2D eigenvalue weighted by molar-refractivity contribution is 0.723. The SMILES string of the molecule is C1=CC2c3ccccc3-c3ccc(-c4ccccc4)cc3C2C=C1c1cccc(-c2ccccc2-c2cc(-c3ccccc3)nc(-c3ccccc3)c2)c1. The van der Waals surface area contributed by atoms with Crippen molar-refractivity contribution in [3.63, 3.8) is 0 Å². The molecule has 0 radical (unpaired) electrons. The summed E-state index contributed by atoms with van der Waals surface area (Å²) in [5.74, 6) is 0.524. The van der Waals surface area contributed by atoms with E-state index in [1.54, 1.807) is 0 Å². The molecule has 0 N–H and O–H groups in total. The van der Waals surface area contributed by atoms with Gasteiger partial charge >= 0.3 is 0 Å². The Morgan fingerprint density at radius 3 is 1.54 bits per heavy atom. The number of nitrogens with zero attached hydrogens (tertiary/aromatic N) is 1. The molecule has 0 fully saturated rings. The lowest BCUT2D eigenvalue weighted by Crippen LogP contribution is -2.17. The summed E-state index contributed by atoms with van der Waals surface area (Å²) in [7, 11) is 0. The van der Waals surface area contributed by atoms with Crippen LogP contribution >= 0.6 is 0 Å². The number of pyridine rings is 1. The van der Waals surface area contributed by atoms with Crippen LogP contribution in [-0.2, 0) is 0 Å². The average Bonchev–Trinajstić information content (AvgIpc) is 3.27. The molecule has 1 nitrogen and oxygen atoms in total. The highest BCUT2D eigenvalue weighted by molar-refractivity contribution is 5.89. The summed E-state index contributed by atoms with van der Waals surface area (Å²) >= 11 is 0. The molecule has 1 aromatic heterocycles. The predicted molar refractivity (Wildman–Crippen MR) is 226 cm³/mol. The van der Waals surface area contributed by atoms with E-state index in [2.05, 4.69) is 212 Å². The molecule has 2 aliphatic carbocycles. The van der Waals surface area contributed by atoms with Gasteiger partial charge in [0.05, 0.1) is 11.4 Å². The first-order valence-corrected chi connectivity index (χ1v) is 18.8. The number of hydrogen-bond donors (Lipinski definition) is 0. The van der Waals surface area contributed by atoms with Crippen LogP contribution in [0.25, 0.3) is 72.6 Å². The summed E-state index contributed by atoms with van der Waals surface area (Å²) in [5, 5.41) is 0. The molecule has 254 valence electrons. The molecular weight excluding hydrogens is 651 g/mol. The largest absolute Gasteiger partial charge is 0.248 e. The van der Waals surface area contributed by atoms with Gasteiger partial charge in [0.15, 0.2) is 0 Å². The van der Waals surface area contributed by atoms with Gasteiger partial charge in [0, 0.05) is 23.0 Å². The number of rotatable bonds is 6. The average molecular weight is 688 g/mol. The second-order valence-corrected chi connectivity index (χ2v) is 14.3. The number of aromatic nitrogens is 1. The van der Waals surface area contributed by atoms with Crippen LogP contribution in [0.3, 0.4) is 0 Å². The first-order valence-electron chi connectivity index (χ1n) is 18.8. The third-order valence-electron chi connectivity index (χ3n) is 11.1. The molecule has 2 unspecified atom stereocenters. The van der Waals surface area contributed by atoms with Gasteiger partial charge in [0.25, 0.3) is 0 Å². The van der Waals surface area contributed by atoms with E-state index in [4.69, 9.17) is 4.98 Å². The monoisotopic (exact) mass is 687 g/mol. The van der Waals surface area contributed by atoms with E-state index in [0.29, 0.717) is 0 Å². The molecule has 0 aliphatic heterocycles. The van der Waals surface area contributed by atoms with Gasteiger partial charge in [-0.3, -0.25) is 0 Å². The predicted octanol–water partition coefficient (Wildman–Crippen LogP) is 13.9. The van der Waals surface area contributed by atoms with Crippen LogP contribution < -0.4 is 0 Å². The minimum atomic E-state index is 0.235. The maximum Gasteiger partial charge on any atom is 0.0715 e. The van der Waals surface area contributed by atoms with Crippen molar-refractivity contribution in [2.45, 2.75) is 11.8 Å². The number of fused-ring (bicyclic) bond motifs is 6. The Morgan fingerprint density at radius 2 is 0.852 bits per heavy atom. The molecule has 10 rings (SSSR count). The van der Waals surface area contributed by atoms with Crippen LogP contribution in [0.1, 0.15) is 28.5 Å². The fourth-order valence-electron chi connectivity index (χ4n) is 8.43. The van der Waals surface area contributed by atoms with Crippen LogP contribution in [0.4, 0.5) is 0 Å². The summed E-state index contributed by atoms with van der Waals surface area (Å²) in [6.45, 7) is 0. The highest BCUT2D eigenvalue weighted by atomic mass is 14.7. The first kappa shape index (κ1) is 31.9. The maximum absolute atomic E-state index is 5.15. The van der Waals surface area contributed by atoms with E-state index in [1.165, 1.54) is 61.2 Å². The van der Waals surface area contributed by atoms with Crippen molar-refractivity contribution < 1.29 is 0 Å². The van der Waals surface area contributed by atoms with Gasteiger partial charge in [-0.05, 0) is 91.0 Å². The highest BCUT2D eigenvalue weighted by Crippen LogP contribution is 2.52. The molecule has 0 amide bonds. The van der Waals surface area contributed by atoms with Crippen LogP contribution in [0.2, 0.25) is 0 Å². The Kier molecular flexibility index (Phi) is 8.04. The van der Waals surface area contributed by atoms with Crippen molar-refractivity contribution in [2.24, 2.45) is 0 Å². The molecule has 0 spiro atoms. The van der Waals surface area contributed by atoms with E-state index in [9.17, 15) is 0 Å². The van der Waals surface area contributed by atoms with Crippen molar-refractivity contribution in [2.75, 3.05) is 0 Å². The lowest BCUT2D eigenvalue weighted by atomic mass is 9.68. The lowest BCUT2D eigenvalue weighted by Gasteiger charge is -2.35. The first-order chi connectivity index (χ1) is 26.8. The zero-order chi connectivity index (χ0) is 35.8. The molecule has 2 aliphatic rings. The van der Waals surface area contributed by atoms with Crippen LogP contribution in [0.15, 0.2) is 212 Å². The van der Waals surface area contributed by atoms with Gasteiger partial charge in [0.2, 0.25) is 0 Å². The Bertz CT molecular complexity index is 2650. The van der Waals surface area contributed by atoms with Crippen molar-refractivity contribution in [3.05, 3.63) is 229 Å². The Hall–Kier alpha value is -6.83. The van der Waals surface area contributed by atoms with Crippen molar-refractivity contribution in [1.82, 2.24) is 4.98 Å². The topological polar surface area (TPSA) is 12.9 Å². The molecule has 1 heterocycles. The summed E-state index contributed by atoms with van der Waals surface area (Å²) in [5.41, 5.74) is 19.3. The van der Waals surface area contributed by atoms with E-state index < -0.39 is 0 Å². The van der Waals surface area contributed by atoms with E-state index >= 15 is 0 Å². The molecule has 0 saturated carbocycles. The summed E-state index contributed by atoms with van der Waals surface area (Å²) in [6, 6.07) is 70.0. The molecule has 54 heavy (non-hydrogen) atoms. The molecule has 7 aromatic carbocycles. The van der Waals surface area contributed by atoms with Gasteiger partial charge in [-0.1, -0.05) is 188 Å². The standard InChI is InChI=1S/C53H37N/c1-4-15-36(16-5-1)40-27-29-48-46-25-12-13-26-47(46)49-30-28-41(33-51(49)50(48)32-40)39-21-14-22-42(31-39)44-23-10-11-24-45(44)43-34-52(37-17-6-2-7-18-37)54-53(35-43)38-19-8-3-9-20-38/h1-35,49,51H. The zero-order valence-electron chi connectivity index (χ0n) is 29.8. The van der Waals surface area contributed by atoms with Gasteiger partial charge in [-0.25, -0.2) is 4.98 Å². The molecular formula is C53H37N. The minimum absolute atomic E-state index is 0.235. The van der Waals surface area contributed by atoms with Crippen LogP contribution in [-0.4, -0.2) is 4.98 Å². The van der Waals surface area contributed by atoms with Gasteiger partial charge in [0.1, 0.15) is 0 Å². The number of benzene rings is 7. The zero-order valence-corrected chi connectivity index (χ0v) is 29.8. The van der Waals surface area contributed by atoms with E-state index in [-0.39, 0.29) is 11.8 Å².